The normalized spacial score (nSPS) is 19.3. The van der Waals surface area contributed by atoms with Gasteiger partial charge in [0.25, 0.3) is 0 Å². The summed E-state index contributed by atoms with van der Waals surface area (Å²) in [4.78, 5) is 0. The van der Waals surface area contributed by atoms with Crippen LogP contribution in [0.15, 0.2) is 36.4 Å². The van der Waals surface area contributed by atoms with Crippen molar-refractivity contribution in [3.8, 4) is 0 Å². The van der Waals surface area contributed by atoms with E-state index in [9.17, 15) is 8.78 Å². The molecule has 0 radical (unpaired) electrons. The van der Waals surface area contributed by atoms with Gasteiger partial charge in [0.1, 0.15) is 0 Å². The van der Waals surface area contributed by atoms with Crippen molar-refractivity contribution in [1.29, 1.82) is 0 Å². The summed E-state index contributed by atoms with van der Waals surface area (Å²) in [5.74, 6) is -0.556. The van der Waals surface area contributed by atoms with Gasteiger partial charge in [0, 0.05) is 5.92 Å². The Morgan fingerprint density at radius 2 is 1.75 bits per heavy atom. The van der Waals surface area contributed by atoms with Crippen molar-refractivity contribution in [3.05, 3.63) is 47.5 Å². The molecule has 0 saturated carbocycles. The molecule has 0 saturated heterocycles. The summed E-state index contributed by atoms with van der Waals surface area (Å²) in [5, 5.41) is 2.21. The molecule has 1 atom stereocenters. The fourth-order valence-electron chi connectivity index (χ4n) is 2.59. The lowest BCUT2D eigenvalue weighted by molar-refractivity contribution is 0.114. The maximum absolute atomic E-state index is 12.8. The second-order valence-corrected chi connectivity index (χ2v) is 4.38. The van der Waals surface area contributed by atoms with Gasteiger partial charge in [-0.25, -0.2) is 8.78 Å². The van der Waals surface area contributed by atoms with Gasteiger partial charge in [-0.05, 0) is 34.7 Å². The van der Waals surface area contributed by atoms with E-state index in [1.54, 1.807) is 0 Å². The first-order valence-electron chi connectivity index (χ1n) is 5.55. The third-order valence-corrected chi connectivity index (χ3v) is 3.44. The minimum atomic E-state index is -2.23. The van der Waals surface area contributed by atoms with Gasteiger partial charge in [-0.2, -0.15) is 0 Å². The molecule has 0 amide bonds. The van der Waals surface area contributed by atoms with E-state index in [4.69, 9.17) is 0 Å². The topological polar surface area (TPSA) is 0 Å². The molecule has 3 rings (SSSR count). The van der Waals surface area contributed by atoms with Crippen LogP contribution in [-0.4, -0.2) is 6.43 Å². The van der Waals surface area contributed by atoms with E-state index in [0.29, 0.717) is 6.42 Å². The monoisotopic (exact) mass is 218 g/mol. The van der Waals surface area contributed by atoms with Crippen LogP contribution in [0.3, 0.4) is 0 Å². The molecule has 0 heterocycles. The molecule has 0 N–H and O–H groups in total. The van der Waals surface area contributed by atoms with E-state index >= 15 is 0 Å². The Hall–Kier alpha value is -1.44. The predicted octanol–water partition coefficient (Wildman–Crippen LogP) is 4.13. The Balaban J connectivity index is 2.19. The van der Waals surface area contributed by atoms with Gasteiger partial charge in [0.15, 0.2) is 0 Å². The van der Waals surface area contributed by atoms with Crippen LogP contribution >= 0.6 is 0 Å². The number of benzene rings is 2. The van der Waals surface area contributed by atoms with E-state index in [1.165, 1.54) is 0 Å². The van der Waals surface area contributed by atoms with Crippen LogP contribution in [0.4, 0.5) is 8.78 Å². The van der Waals surface area contributed by atoms with Crippen LogP contribution in [0, 0.1) is 0 Å². The average Bonchev–Trinajstić information content (AvgIpc) is 2.68. The molecule has 2 heteroatoms. The highest BCUT2D eigenvalue weighted by molar-refractivity contribution is 5.84. The standard InChI is InChI=1S/C14H12F2/c15-14(16)12-6-5-11-7-9-3-1-2-4-10(9)8-13(11)12/h1-4,7-8,12,14H,5-6H2. The first-order chi connectivity index (χ1) is 7.75. The highest BCUT2D eigenvalue weighted by Gasteiger charge is 2.29. The van der Waals surface area contributed by atoms with Gasteiger partial charge in [-0.15, -0.1) is 0 Å². The molecule has 0 spiro atoms. The van der Waals surface area contributed by atoms with Crippen LogP contribution in [0.2, 0.25) is 0 Å². The lowest BCUT2D eigenvalue weighted by Crippen LogP contribution is -2.04. The van der Waals surface area contributed by atoms with E-state index < -0.39 is 12.3 Å². The number of aryl methyl sites for hydroxylation is 1. The quantitative estimate of drug-likeness (QED) is 0.675. The Morgan fingerprint density at radius 3 is 2.44 bits per heavy atom. The second-order valence-electron chi connectivity index (χ2n) is 4.38. The molecular formula is C14H12F2. The van der Waals surface area contributed by atoms with Crippen molar-refractivity contribution in [1.82, 2.24) is 0 Å². The minimum absolute atomic E-state index is 0.556. The van der Waals surface area contributed by atoms with E-state index in [1.807, 2.05) is 30.3 Å². The van der Waals surface area contributed by atoms with Crippen LogP contribution < -0.4 is 0 Å². The largest absolute Gasteiger partial charge is 0.245 e. The van der Waals surface area contributed by atoms with Crippen molar-refractivity contribution in [3.63, 3.8) is 0 Å². The molecular weight excluding hydrogens is 206 g/mol. The maximum Gasteiger partial charge on any atom is 0.245 e. The van der Waals surface area contributed by atoms with Crippen molar-refractivity contribution in [2.24, 2.45) is 0 Å². The van der Waals surface area contributed by atoms with Crippen LogP contribution in [0.25, 0.3) is 10.8 Å². The van der Waals surface area contributed by atoms with E-state index in [2.05, 4.69) is 6.07 Å². The van der Waals surface area contributed by atoms with E-state index in [-0.39, 0.29) is 0 Å². The fraction of sp³-hybridized carbons (Fsp3) is 0.286. The highest BCUT2D eigenvalue weighted by Crippen LogP contribution is 2.39. The number of hydrogen-bond acceptors (Lipinski definition) is 0. The Labute approximate surface area is 92.9 Å². The Kier molecular flexibility index (Phi) is 2.16. The summed E-state index contributed by atoms with van der Waals surface area (Å²) < 4.78 is 25.6. The van der Waals surface area contributed by atoms with Gasteiger partial charge in [-0.3, -0.25) is 0 Å². The molecule has 2 aromatic carbocycles. The lowest BCUT2D eigenvalue weighted by atomic mass is 9.98. The van der Waals surface area contributed by atoms with Crippen molar-refractivity contribution < 1.29 is 8.78 Å². The summed E-state index contributed by atoms with van der Waals surface area (Å²) in [6, 6.07) is 11.9. The highest BCUT2D eigenvalue weighted by atomic mass is 19.3. The van der Waals surface area contributed by atoms with Crippen molar-refractivity contribution >= 4 is 10.8 Å². The van der Waals surface area contributed by atoms with Crippen LogP contribution in [0.5, 0.6) is 0 Å². The van der Waals surface area contributed by atoms with Gasteiger partial charge in [-0.1, -0.05) is 36.4 Å². The molecule has 82 valence electrons. The van der Waals surface area contributed by atoms with E-state index in [0.717, 1.165) is 28.3 Å². The number of halogens is 2. The molecule has 0 fully saturated rings. The first kappa shape index (κ1) is 9.76. The molecule has 16 heavy (non-hydrogen) atoms. The van der Waals surface area contributed by atoms with Crippen molar-refractivity contribution in [2.45, 2.75) is 25.2 Å². The zero-order chi connectivity index (χ0) is 11.1. The van der Waals surface area contributed by atoms with Gasteiger partial charge in [0.2, 0.25) is 6.43 Å². The zero-order valence-electron chi connectivity index (χ0n) is 8.79. The Bertz CT molecular complexity index is 531. The van der Waals surface area contributed by atoms with Gasteiger partial charge >= 0.3 is 0 Å². The summed E-state index contributed by atoms with van der Waals surface area (Å²) in [7, 11) is 0. The number of rotatable bonds is 1. The lowest BCUT2D eigenvalue weighted by Gasteiger charge is -2.10. The molecule has 1 aliphatic carbocycles. The summed E-state index contributed by atoms with van der Waals surface area (Å²) in [5.41, 5.74) is 1.96. The summed E-state index contributed by atoms with van der Waals surface area (Å²) in [6.07, 6.45) is -0.860. The predicted molar refractivity (Wildman–Crippen MR) is 61.0 cm³/mol. The molecule has 2 aromatic rings. The molecule has 0 nitrogen and oxygen atoms in total. The maximum atomic E-state index is 12.8. The third kappa shape index (κ3) is 1.41. The van der Waals surface area contributed by atoms with Gasteiger partial charge in [0.05, 0.1) is 0 Å². The third-order valence-electron chi connectivity index (χ3n) is 3.44. The fourth-order valence-corrected chi connectivity index (χ4v) is 2.59. The second kappa shape index (κ2) is 3.55. The van der Waals surface area contributed by atoms with Crippen molar-refractivity contribution in [2.75, 3.05) is 0 Å². The molecule has 1 unspecified atom stereocenters. The minimum Gasteiger partial charge on any atom is -0.210 e. The smallest absolute Gasteiger partial charge is 0.210 e. The first-order valence-corrected chi connectivity index (χ1v) is 5.55. The number of hydrogen-bond donors (Lipinski definition) is 0. The number of fused-ring (bicyclic) bond motifs is 2. The Morgan fingerprint density at radius 1 is 1.06 bits per heavy atom. The van der Waals surface area contributed by atoms with Crippen LogP contribution in [0.1, 0.15) is 23.5 Å². The SMILES string of the molecule is FC(F)C1CCc2cc3ccccc3cc21. The molecule has 0 bridgehead atoms. The van der Waals surface area contributed by atoms with Gasteiger partial charge < -0.3 is 0 Å². The molecule has 0 aromatic heterocycles. The van der Waals surface area contributed by atoms with Crippen LogP contribution in [-0.2, 0) is 6.42 Å². The number of alkyl halides is 2. The molecule has 1 aliphatic rings. The zero-order valence-corrected chi connectivity index (χ0v) is 8.79. The molecule has 0 aliphatic heterocycles. The summed E-state index contributed by atoms with van der Waals surface area (Å²) in [6.45, 7) is 0. The summed E-state index contributed by atoms with van der Waals surface area (Å²) >= 11 is 0. The average molecular weight is 218 g/mol.